The molecule has 4 heteroatoms. The molecule has 1 saturated heterocycles. The van der Waals surface area contributed by atoms with Crippen LogP contribution >= 0.6 is 0 Å². The predicted molar refractivity (Wildman–Crippen MR) is 72.2 cm³/mol. The fourth-order valence-electron chi connectivity index (χ4n) is 2.54. The first-order valence-corrected chi connectivity index (χ1v) is 7.19. The van der Waals surface area contributed by atoms with Crippen molar-refractivity contribution in [3.05, 3.63) is 17.5 Å². The molecule has 2 heterocycles. The van der Waals surface area contributed by atoms with Gasteiger partial charge in [0, 0.05) is 18.7 Å². The van der Waals surface area contributed by atoms with Gasteiger partial charge in [-0.2, -0.15) is 0 Å². The highest BCUT2D eigenvalue weighted by molar-refractivity contribution is 5.05. The topological polar surface area (TPSA) is 41.3 Å². The van der Waals surface area contributed by atoms with Gasteiger partial charge in [0.25, 0.3) is 0 Å². The number of nitrogens with zero attached hydrogens (tertiary/aromatic N) is 2. The molecule has 0 bridgehead atoms. The average molecular weight is 251 g/mol. The normalized spacial score (nSPS) is 22.0. The number of hydrogen-bond acceptors (Lipinski definition) is 4. The number of rotatable bonds is 5. The summed E-state index contributed by atoms with van der Waals surface area (Å²) in [5.74, 6) is 0.997. The summed E-state index contributed by atoms with van der Waals surface area (Å²) >= 11 is 0. The average Bonchev–Trinajstić information content (AvgIpc) is 2.72. The molecule has 1 fully saturated rings. The molecule has 1 atom stereocenters. The van der Waals surface area contributed by atoms with Gasteiger partial charge in [-0.15, -0.1) is 0 Å². The number of aromatic nitrogens is 1. The van der Waals surface area contributed by atoms with E-state index in [2.05, 4.69) is 35.3 Å². The van der Waals surface area contributed by atoms with E-state index in [4.69, 9.17) is 4.52 Å². The molecule has 1 aliphatic heterocycles. The fraction of sp³-hybridized carbons (Fsp3) is 0.786. The monoisotopic (exact) mass is 251 g/mol. The lowest BCUT2D eigenvalue weighted by Crippen LogP contribution is -2.31. The number of hydrogen-bond donors (Lipinski definition) is 1. The van der Waals surface area contributed by atoms with Crippen molar-refractivity contribution in [3.8, 4) is 0 Å². The standard InChI is InChI=1S/C14H25N3O/c1-3-15-10-13-9-14(18-16-13)11-17-8-6-4-5-7-12(17)2/h9,12,15H,3-8,10-11H2,1-2H3. The molecule has 0 radical (unpaired) electrons. The molecule has 4 nitrogen and oxygen atoms in total. The zero-order chi connectivity index (χ0) is 12.8. The van der Waals surface area contributed by atoms with Gasteiger partial charge in [0.15, 0.2) is 5.76 Å². The molecule has 18 heavy (non-hydrogen) atoms. The summed E-state index contributed by atoms with van der Waals surface area (Å²) in [5.41, 5.74) is 1.01. The van der Waals surface area contributed by atoms with Crippen LogP contribution in [0.25, 0.3) is 0 Å². The zero-order valence-corrected chi connectivity index (χ0v) is 11.6. The van der Waals surface area contributed by atoms with Crippen LogP contribution in [-0.4, -0.2) is 29.2 Å². The van der Waals surface area contributed by atoms with E-state index in [-0.39, 0.29) is 0 Å². The zero-order valence-electron chi connectivity index (χ0n) is 11.6. The first-order chi connectivity index (χ1) is 8.79. The first kappa shape index (κ1) is 13.6. The Morgan fingerprint density at radius 1 is 1.44 bits per heavy atom. The van der Waals surface area contributed by atoms with E-state index in [1.165, 1.54) is 32.2 Å². The van der Waals surface area contributed by atoms with Crippen LogP contribution in [0.4, 0.5) is 0 Å². The summed E-state index contributed by atoms with van der Waals surface area (Å²) in [6.45, 7) is 8.27. The first-order valence-electron chi connectivity index (χ1n) is 7.19. The summed E-state index contributed by atoms with van der Waals surface area (Å²) in [6.07, 6.45) is 5.34. The van der Waals surface area contributed by atoms with Crippen molar-refractivity contribution < 1.29 is 4.52 Å². The van der Waals surface area contributed by atoms with E-state index in [0.29, 0.717) is 6.04 Å². The summed E-state index contributed by atoms with van der Waals surface area (Å²) < 4.78 is 5.42. The van der Waals surface area contributed by atoms with E-state index in [0.717, 1.165) is 31.1 Å². The third kappa shape index (κ3) is 3.82. The molecule has 0 aromatic carbocycles. The van der Waals surface area contributed by atoms with Gasteiger partial charge >= 0.3 is 0 Å². The fourth-order valence-corrected chi connectivity index (χ4v) is 2.54. The highest BCUT2D eigenvalue weighted by Gasteiger charge is 2.18. The molecule has 0 amide bonds. The van der Waals surface area contributed by atoms with Gasteiger partial charge in [0.2, 0.25) is 0 Å². The van der Waals surface area contributed by atoms with E-state index < -0.39 is 0 Å². The van der Waals surface area contributed by atoms with Crippen molar-refractivity contribution in [2.24, 2.45) is 0 Å². The maximum absolute atomic E-state index is 5.42. The second-order valence-corrected chi connectivity index (χ2v) is 5.23. The summed E-state index contributed by atoms with van der Waals surface area (Å²) in [4.78, 5) is 2.52. The predicted octanol–water partition coefficient (Wildman–Crippen LogP) is 2.55. The Morgan fingerprint density at radius 3 is 3.17 bits per heavy atom. The second-order valence-electron chi connectivity index (χ2n) is 5.23. The van der Waals surface area contributed by atoms with Crippen LogP contribution in [0.15, 0.2) is 10.6 Å². The highest BCUT2D eigenvalue weighted by atomic mass is 16.5. The van der Waals surface area contributed by atoms with Crippen LogP contribution in [-0.2, 0) is 13.1 Å². The molecule has 2 rings (SSSR count). The molecule has 1 aromatic heterocycles. The minimum atomic E-state index is 0.662. The Kier molecular flexibility index (Phi) is 5.20. The molecule has 1 aromatic rings. The van der Waals surface area contributed by atoms with Crippen LogP contribution in [0, 0.1) is 0 Å². The molecule has 0 aliphatic carbocycles. The van der Waals surface area contributed by atoms with Crippen LogP contribution in [0.3, 0.4) is 0 Å². The van der Waals surface area contributed by atoms with Gasteiger partial charge in [0.1, 0.15) is 0 Å². The Balaban J connectivity index is 1.89. The minimum Gasteiger partial charge on any atom is -0.360 e. The van der Waals surface area contributed by atoms with E-state index >= 15 is 0 Å². The molecule has 0 saturated carbocycles. The van der Waals surface area contributed by atoms with Crippen LogP contribution < -0.4 is 5.32 Å². The Hall–Kier alpha value is -0.870. The molecular weight excluding hydrogens is 226 g/mol. The van der Waals surface area contributed by atoms with Crippen LogP contribution in [0.2, 0.25) is 0 Å². The largest absolute Gasteiger partial charge is 0.360 e. The number of likely N-dealkylation sites (tertiary alicyclic amines) is 1. The third-order valence-electron chi connectivity index (χ3n) is 3.71. The Morgan fingerprint density at radius 2 is 2.33 bits per heavy atom. The van der Waals surface area contributed by atoms with Gasteiger partial charge in [-0.05, 0) is 32.9 Å². The van der Waals surface area contributed by atoms with Gasteiger partial charge in [-0.25, -0.2) is 0 Å². The van der Waals surface area contributed by atoms with Crippen molar-refractivity contribution in [3.63, 3.8) is 0 Å². The van der Waals surface area contributed by atoms with Crippen molar-refractivity contribution >= 4 is 0 Å². The van der Waals surface area contributed by atoms with Crippen molar-refractivity contribution in [1.29, 1.82) is 0 Å². The maximum Gasteiger partial charge on any atom is 0.151 e. The summed E-state index contributed by atoms with van der Waals surface area (Å²) in [6, 6.07) is 2.75. The van der Waals surface area contributed by atoms with Crippen molar-refractivity contribution in [2.75, 3.05) is 13.1 Å². The van der Waals surface area contributed by atoms with Gasteiger partial charge in [-0.3, -0.25) is 4.90 Å². The molecule has 1 unspecified atom stereocenters. The Labute approximate surface area is 110 Å². The maximum atomic E-state index is 5.42. The molecule has 102 valence electrons. The molecule has 1 N–H and O–H groups in total. The van der Waals surface area contributed by atoms with Gasteiger partial charge in [0.05, 0.1) is 12.2 Å². The summed E-state index contributed by atoms with van der Waals surface area (Å²) in [5, 5.41) is 7.37. The molecule has 1 aliphatic rings. The van der Waals surface area contributed by atoms with E-state index in [1.807, 2.05) is 0 Å². The SMILES string of the molecule is CCNCc1cc(CN2CCCCCC2C)on1. The lowest BCUT2D eigenvalue weighted by atomic mass is 10.1. The van der Waals surface area contributed by atoms with Crippen molar-refractivity contribution in [1.82, 2.24) is 15.4 Å². The smallest absolute Gasteiger partial charge is 0.151 e. The Bertz CT molecular complexity index is 351. The minimum absolute atomic E-state index is 0.662. The molecule has 0 spiro atoms. The van der Waals surface area contributed by atoms with Crippen molar-refractivity contribution in [2.45, 2.75) is 58.7 Å². The quantitative estimate of drug-likeness (QED) is 0.873. The third-order valence-corrected chi connectivity index (χ3v) is 3.71. The van der Waals surface area contributed by atoms with Gasteiger partial charge in [-0.1, -0.05) is 24.9 Å². The summed E-state index contributed by atoms with van der Waals surface area (Å²) in [7, 11) is 0. The molecular formula is C14H25N3O. The second kappa shape index (κ2) is 6.90. The lowest BCUT2D eigenvalue weighted by molar-refractivity contribution is 0.182. The van der Waals surface area contributed by atoms with Gasteiger partial charge < -0.3 is 9.84 Å². The van der Waals surface area contributed by atoms with Crippen LogP contribution in [0.5, 0.6) is 0 Å². The highest BCUT2D eigenvalue weighted by Crippen LogP contribution is 2.19. The van der Waals surface area contributed by atoms with Crippen LogP contribution in [0.1, 0.15) is 51.0 Å². The van der Waals surface area contributed by atoms with E-state index in [1.54, 1.807) is 0 Å². The lowest BCUT2D eigenvalue weighted by Gasteiger charge is -2.25. The number of nitrogens with one attached hydrogen (secondary N) is 1. The van der Waals surface area contributed by atoms with E-state index in [9.17, 15) is 0 Å².